The Balaban J connectivity index is 2.30. The summed E-state index contributed by atoms with van der Waals surface area (Å²) in [6.07, 6.45) is 2.90. The van der Waals surface area contributed by atoms with E-state index in [0.29, 0.717) is 5.02 Å². The minimum Gasteiger partial charge on any atom is -0.504 e. The molecule has 20 heavy (non-hydrogen) atoms. The molecule has 0 saturated carbocycles. The van der Waals surface area contributed by atoms with Gasteiger partial charge in [-0.1, -0.05) is 41.9 Å². The topological polar surface area (TPSA) is 54.4 Å². The average molecular weight is 287 g/mol. The zero-order chi connectivity index (χ0) is 14.5. The quantitative estimate of drug-likeness (QED) is 0.696. The Morgan fingerprint density at radius 3 is 2.40 bits per heavy atom. The first-order valence-corrected chi connectivity index (χ1v) is 6.26. The number of carbonyl (C=O) groups is 1. The van der Waals surface area contributed by atoms with Crippen molar-refractivity contribution in [2.45, 2.75) is 0 Å². The molecular weight excluding hydrogens is 276 g/mol. The van der Waals surface area contributed by atoms with Crippen LogP contribution in [-0.4, -0.2) is 10.9 Å². The van der Waals surface area contributed by atoms with E-state index in [1.807, 2.05) is 0 Å². The average Bonchev–Trinajstić information content (AvgIpc) is 2.61. The van der Waals surface area contributed by atoms with E-state index in [2.05, 4.69) is 0 Å². The summed E-state index contributed by atoms with van der Waals surface area (Å²) in [4.78, 5) is 23.4. The zero-order valence-corrected chi connectivity index (χ0v) is 11.2. The molecule has 100 valence electrons. The van der Waals surface area contributed by atoms with Crippen molar-refractivity contribution in [3.63, 3.8) is 0 Å². The van der Waals surface area contributed by atoms with Crippen LogP contribution in [0.25, 0.3) is 6.08 Å². The highest BCUT2D eigenvalue weighted by Crippen LogP contribution is 2.14. The summed E-state index contributed by atoms with van der Waals surface area (Å²) >= 11 is 5.76. The van der Waals surface area contributed by atoms with Gasteiger partial charge in [0.1, 0.15) is 0 Å². The number of ketones is 1. The number of aromatic hydroxyl groups is 1. The van der Waals surface area contributed by atoms with E-state index in [9.17, 15) is 14.7 Å². The van der Waals surface area contributed by atoms with E-state index in [4.69, 9.17) is 11.6 Å². The molecule has 4 heteroatoms. The Bertz CT molecular complexity index is 718. The van der Waals surface area contributed by atoms with Gasteiger partial charge in [0.05, 0.1) is 5.56 Å². The first-order chi connectivity index (χ1) is 9.58. The molecule has 0 atom stereocenters. The Hall–Kier alpha value is -2.39. The molecule has 0 radical (unpaired) electrons. The van der Waals surface area contributed by atoms with Gasteiger partial charge in [-0.15, -0.1) is 0 Å². The maximum Gasteiger partial charge on any atom is 0.220 e. The summed E-state index contributed by atoms with van der Waals surface area (Å²) < 4.78 is 0. The molecule has 0 saturated heterocycles. The summed E-state index contributed by atoms with van der Waals surface area (Å²) in [7, 11) is 0. The predicted octanol–water partition coefficient (Wildman–Crippen LogP) is 3.30. The third kappa shape index (κ3) is 3.33. The van der Waals surface area contributed by atoms with Crippen LogP contribution in [-0.2, 0) is 0 Å². The minimum atomic E-state index is -0.585. The first-order valence-electron chi connectivity index (χ1n) is 5.88. The van der Waals surface area contributed by atoms with Gasteiger partial charge in [0, 0.05) is 5.02 Å². The molecule has 0 aromatic heterocycles. The normalized spacial score (nSPS) is 10.7. The van der Waals surface area contributed by atoms with Crippen molar-refractivity contribution in [3.05, 3.63) is 81.0 Å². The molecule has 0 aliphatic carbocycles. The number of benzene rings is 1. The van der Waals surface area contributed by atoms with Crippen molar-refractivity contribution in [1.29, 1.82) is 0 Å². The van der Waals surface area contributed by atoms with Crippen LogP contribution < -0.4 is 5.43 Å². The second kappa shape index (κ2) is 6.17. The molecule has 2 aromatic rings. The molecule has 0 aliphatic heterocycles. The van der Waals surface area contributed by atoms with Crippen molar-refractivity contribution < 1.29 is 9.90 Å². The van der Waals surface area contributed by atoms with Crippen LogP contribution in [0.1, 0.15) is 15.9 Å². The lowest BCUT2D eigenvalue weighted by Crippen LogP contribution is -2.01. The molecule has 0 heterocycles. The molecule has 2 aromatic carbocycles. The van der Waals surface area contributed by atoms with Crippen molar-refractivity contribution in [1.82, 2.24) is 0 Å². The number of rotatable bonds is 3. The number of allylic oxidation sites excluding steroid dienone is 1. The smallest absolute Gasteiger partial charge is 0.220 e. The van der Waals surface area contributed by atoms with Gasteiger partial charge >= 0.3 is 0 Å². The van der Waals surface area contributed by atoms with Crippen molar-refractivity contribution in [3.8, 4) is 5.75 Å². The lowest BCUT2D eigenvalue weighted by Gasteiger charge is -1.96. The molecule has 0 unspecified atom stereocenters. The number of hydrogen-bond donors (Lipinski definition) is 1. The van der Waals surface area contributed by atoms with E-state index in [1.165, 1.54) is 30.3 Å². The fraction of sp³-hybridized carbons (Fsp3) is 0. The van der Waals surface area contributed by atoms with E-state index in [0.717, 1.165) is 5.56 Å². The second-order valence-electron chi connectivity index (χ2n) is 4.09. The van der Waals surface area contributed by atoms with E-state index < -0.39 is 17.0 Å². The van der Waals surface area contributed by atoms with E-state index >= 15 is 0 Å². The van der Waals surface area contributed by atoms with E-state index in [-0.39, 0.29) is 5.56 Å². The molecule has 0 aliphatic rings. The Morgan fingerprint density at radius 1 is 1.05 bits per heavy atom. The fourth-order valence-electron chi connectivity index (χ4n) is 1.62. The minimum absolute atomic E-state index is 0.0230. The lowest BCUT2D eigenvalue weighted by atomic mass is 10.1. The Morgan fingerprint density at radius 2 is 1.70 bits per heavy atom. The molecule has 0 spiro atoms. The summed E-state index contributed by atoms with van der Waals surface area (Å²) in [5.74, 6) is -0.980. The zero-order valence-electron chi connectivity index (χ0n) is 10.4. The number of halogens is 1. The van der Waals surface area contributed by atoms with Gasteiger partial charge in [0.25, 0.3) is 0 Å². The third-order valence-electron chi connectivity index (χ3n) is 2.67. The summed E-state index contributed by atoms with van der Waals surface area (Å²) in [6, 6.07) is 12.6. The molecule has 1 N–H and O–H groups in total. The maximum atomic E-state index is 12.0. The van der Waals surface area contributed by atoms with Crippen molar-refractivity contribution in [2.24, 2.45) is 0 Å². The van der Waals surface area contributed by atoms with Gasteiger partial charge < -0.3 is 5.11 Å². The van der Waals surface area contributed by atoms with Gasteiger partial charge in [0.2, 0.25) is 5.43 Å². The van der Waals surface area contributed by atoms with Crippen molar-refractivity contribution >= 4 is 23.5 Å². The Labute approximate surface area is 120 Å². The van der Waals surface area contributed by atoms with Gasteiger partial charge in [0.15, 0.2) is 11.5 Å². The largest absolute Gasteiger partial charge is 0.504 e. The Kier molecular flexibility index (Phi) is 4.33. The number of carbonyl (C=O) groups excluding carboxylic acids is 1. The standard InChI is InChI=1S/C16H11ClO3/c17-12-8-5-11(6-9-12)7-10-14(18)13-3-1-2-4-15(19)16(13)20/h1-10H,(H,19,20)/b10-7+. The van der Waals surface area contributed by atoms with Crippen LogP contribution in [0.5, 0.6) is 5.75 Å². The van der Waals surface area contributed by atoms with Crippen LogP contribution in [0.15, 0.2) is 59.4 Å². The molecule has 3 nitrogen and oxygen atoms in total. The number of hydrogen-bond acceptors (Lipinski definition) is 3. The van der Waals surface area contributed by atoms with Crippen LogP contribution in [0, 0.1) is 0 Å². The lowest BCUT2D eigenvalue weighted by molar-refractivity contribution is 0.104. The van der Waals surface area contributed by atoms with Gasteiger partial charge in [-0.05, 0) is 35.9 Å². The third-order valence-corrected chi connectivity index (χ3v) is 2.92. The molecule has 0 fully saturated rings. The van der Waals surface area contributed by atoms with Crippen molar-refractivity contribution in [2.75, 3.05) is 0 Å². The van der Waals surface area contributed by atoms with Gasteiger partial charge in [-0.3, -0.25) is 9.59 Å². The SMILES string of the molecule is O=C(/C=C/c1ccc(Cl)cc1)c1ccccc(=O)c1O. The summed E-state index contributed by atoms with van der Waals surface area (Å²) in [6.45, 7) is 0. The summed E-state index contributed by atoms with van der Waals surface area (Å²) in [5.41, 5.74) is 0.188. The van der Waals surface area contributed by atoms with E-state index in [1.54, 1.807) is 30.3 Å². The highest BCUT2D eigenvalue weighted by Gasteiger charge is 2.09. The van der Waals surface area contributed by atoms with Crippen LogP contribution >= 0.6 is 11.6 Å². The molecular formula is C16H11ClO3. The first kappa shape index (κ1) is 14.0. The second-order valence-corrected chi connectivity index (χ2v) is 4.53. The van der Waals surface area contributed by atoms with Gasteiger partial charge in [-0.25, -0.2) is 0 Å². The molecule has 0 bridgehead atoms. The monoisotopic (exact) mass is 286 g/mol. The van der Waals surface area contributed by atoms with Crippen LogP contribution in [0.4, 0.5) is 0 Å². The maximum absolute atomic E-state index is 12.0. The predicted molar refractivity (Wildman–Crippen MR) is 79.2 cm³/mol. The van der Waals surface area contributed by atoms with Gasteiger partial charge in [-0.2, -0.15) is 0 Å². The highest BCUT2D eigenvalue weighted by atomic mass is 35.5. The summed E-state index contributed by atoms with van der Waals surface area (Å²) in [5, 5.41) is 10.3. The molecule has 0 amide bonds. The van der Waals surface area contributed by atoms with Crippen LogP contribution in [0.3, 0.4) is 0 Å². The highest BCUT2D eigenvalue weighted by molar-refractivity contribution is 6.30. The van der Waals surface area contributed by atoms with Crippen LogP contribution in [0.2, 0.25) is 5.02 Å². The molecule has 2 rings (SSSR count). The fourth-order valence-corrected chi connectivity index (χ4v) is 1.75.